The van der Waals surface area contributed by atoms with E-state index < -0.39 is 0 Å². The summed E-state index contributed by atoms with van der Waals surface area (Å²) >= 11 is 0. The Morgan fingerprint density at radius 2 is 2.12 bits per heavy atom. The van der Waals surface area contributed by atoms with E-state index in [0.717, 1.165) is 12.8 Å². The summed E-state index contributed by atoms with van der Waals surface area (Å²) in [5.41, 5.74) is 1.33. The third kappa shape index (κ3) is 2.77. The molecule has 0 radical (unpaired) electrons. The molecule has 1 aromatic heterocycles. The summed E-state index contributed by atoms with van der Waals surface area (Å²) in [6, 6.07) is 6.13. The Bertz CT molecular complexity index is 761. The van der Waals surface area contributed by atoms with Crippen LogP contribution in [0.5, 0.6) is 5.75 Å². The second kappa shape index (κ2) is 6.46. The number of amides is 1. The average molecular weight is 341 g/mol. The first-order chi connectivity index (χ1) is 12.2. The van der Waals surface area contributed by atoms with E-state index in [1.54, 1.807) is 7.11 Å². The SMILES string of the molecule is COc1ccc(C(=O)N2[C@H](C)C[C@H]3CCCC[C@@H]32)cc1-n1cnnn1. The fourth-order valence-electron chi connectivity index (χ4n) is 4.48. The molecule has 0 bridgehead atoms. The fourth-order valence-corrected chi connectivity index (χ4v) is 4.48. The lowest BCUT2D eigenvalue weighted by molar-refractivity contribution is 0.0633. The van der Waals surface area contributed by atoms with Crippen molar-refractivity contribution < 1.29 is 9.53 Å². The van der Waals surface area contributed by atoms with E-state index in [4.69, 9.17) is 4.74 Å². The molecule has 3 atom stereocenters. The quantitative estimate of drug-likeness (QED) is 0.857. The van der Waals surface area contributed by atoms with Gasteiger partial charge in [-0.1, -0.05) is 12.8 Å². The van der Waals surface area contributed by atoms with E-state index in [0.29, 0.717) is 35.0 Å². The Labute approximate surface area is 147 Å². The predicted octanol–water partition coefficient (Wildman–Crippen LogP) is 2.46. The van der Waals surface area contributed by atoms with Gasteiger partial charge in [-0.2, -0.15) is 4.68 Å². The monoisotopic (exact) mass is 341 g/mol. The Morgan fingerprint density at radius 3 is 2.88 bits per heavy atom. The van der Waals surface area contributed by atoms with E-state index in [1.807, 2.05) is 18.2 Å². The third-order valence-corrected chi connectivity index (χ3v) is 5.60. The van der Waals surface area contributed by atoms with E-state index in [2.05, 4.69) is 27.3 Å². The molecule has 1 saturated heterocycles. The van der Waals surface area contributed by atoms with E-state index in [9.17, 15) is 4.79 Å². The fraction of sp³-hybridized carbons (Fsp3) is 0.556. The van der Waals surface area contributed by atoms with Crippen LogP contribution in [0.4, 0.5) is 0 Å². The van der Waals surface area contributed by atoms with Crippen molar-refractivity contribution in [3.8, 4) is 11.4 Å². The van der Waals surface area contributed by atoms with Gasteiger partial charge in [0, 0.05) is 17.6 Å². The van der Waals surface area contributed by atoms with Crippen LogP contribution in [0.15, 0.2) is 24.5 Å². The smallest absolute Gasteiger partial charge is 0.254 e. The summed E-state index contributed by atoms with van der Waals surface area (Å²) in [5, 5.41) is 11.3. The van der Waals surface area contributed by atoms with Gasteiger partial charge in [0.15, 0.2) is 0 Å². The van der Waals surface area contributed by atoms with E-state index >= 15 is 0 Å². The van der Waals surface area contributed by atoms with Crippen LogP contribution in [0.3, 0.4) is 0 Å². The Kier molecular flexibility index (Phi) is 4.15. The second-order valence-electron chi connectivity index (χ2n) is 7.05. The zero-order chi connectivity index (χ0) is 17.4. The topological polar surface area (TPSA) is 73.1 Å². The number of fused-ring (bicyclic) bond motifs is 1. The number of nitrogens with zero attached hydrogens (tertiary/aromatic N) is 5. The molecule has 2 heterocycles. The summed E-state index contributed by atoms with van der Waals surface area (Å²) in [7, 11) is 1.60. The number of likely N-dealkylation sites (tertiary alicyclic amines) is 1. The highest BCUT2D eigenvalue weighted by Crippen LogP contribution is 2.40. The average Bonchev–Trinajstić information content (AvgIpc) is 3.27. The molecule has 1 amide bonds. The van der Waals surface area contributed by atoms with Gasteiger partial charge in [0.2, 0.25) is 0 Å². The molecule has 0 spiro atoms. The van der Waals surface area contributed by atoms with Gasteiger partial charge in [0.25, 0.3) is 5.91 Å². The van der Waals surface area contributed by atoms with Gasteiger partial charge in [-0.3, -0.25) is 4.79 Å². The molecule has 1 aliphatic heterocycles. The maximum absolute atomic E-state index is 13.3. The highest BCUT2D eigenvalue weighted by Gasteiger charge is 2.42. The van der Waals surface area contributed by atoms with E-state index in [-0.39, 0.29) is 5.91 Å². The highest BCUT2D eigenvalue weighted by molar-refractivity contribution is 5.95. The first-order valence-corrected chi connectivity index (χ1v) is 8.93. The third-order valence-electron chi connectivity index (χ3n) is 5.60. The first kappa shape index (κ1) is 16.1. The van der Waals surface area contributed by atoms with Crippen molar-refractivity contribution in [1.82, 2.24) is 25.1 Å². The molecule has 7 heteroatoms. The first-order valence-electron chi connectivity index (χ1n) is 8.93. The molecular formula is C18H23N5O2. The number of aromatic nitrogens is 4. The van der Waals surface area contributed by atoms with Crippen LogP contribution in [0, 0.1) is 5.92 Å². The van der Waals surface area contributed by atoms with Crippen molar-refractivity contribution in [3.63, 3.8) is 0 Å². The van der Waals surface area contributed by atoms with Crippen molar-refractivity contribution in [1.29, 1.82) is 0 Å². The van der Waals surface area contributed by atoms with Gasteiger partial charge in [0.1, 0.15) is 17.8 Å². The lowest BCUT2D eigenvalue weighted by Crippen LogP contribution is -2.42. The van der Waals surface area contributed by atoms with Crippen molar-refractivity contribution in [3.05, 3.63) is 30.1 Å². The molecular weight excluding hydrogens is 318 g/mol. The maximum atomic E-state index is 13.3. The number of benzene rings is 1. The van der Waals surface area contributed by atoms with Crippen molar-refractivity contribution >= 4 is 5.91 Å². The van der Waals surface area contributed by atoms with Crippen LogP contribution in [0.1, 0.15) is 49.4 Å². The molecule has 2 aliphatic rings. The number of ether oxygens (including phenoxy) is 1. The largest absolute Gasteiger partial charge is 0.494 e. The Hall–Kier alpha value is -2.44. The standard InChI is InChI=1S/C18H23N5O2/c1-12-9-13-5-3-4-6-15(13)23(12)18(24)14-7-8-17(25-2)16(10-14)22-11-19-20-21-22/h7-8,10-13,15H,3-6,9H2,1-2H3/t12-,13-,15+/m1/s1. The minimum absolute atomic E-state index is 0.0962. The maximum Gasteiger partial charge on any atom is 0.254 e. The number of methoxy groups -OCH3 is 1. The van der Waals surface area contributed by atoms with Crippen LogP contribution in [0.25, 0.3) is 5.69 Å². The van der Waals surface area contributed by atoms with Crippen LogP contribution in [0.2, 0.25) is 0 Å². The summed E-state index contributed by atoms with van der Waals surface area (Å²) in [5.74, 6) is 1.39. The van der Waals surface area contributed by atoms with E-state index in [1.165, 1.54) is 30.3 Å². The number of carbonyl (C=O) groups is 1. The summed E-state index contributed by atoms with van der Waals surface area (Å²) < 4.78 is 6.92. The van der Waals surface area contributed by atoms with Crippen LogP contribution < -0.4 is 4.74 Å². The molecule has 0 N–H and O–H groups in total. The number of rotatable bonds is 3. The van der Waals surface area contributed by atoms with Gasteiger partial charge in [-0.25, -0.2) is 0 Å². The van der Waals surface area contributed by atoms with Crippen LogP contribution in [-0.2, 0) is 0 Å². The van der Waals surface area contributed by atoms with Crippen molar-refractivity contribution in [2.45, 2.75) is 51.1 Å². The van der Waals surface area contributed by atoms with Gasteiger partial charge < -0.3 is 9.64 Å². The second-order valence-corrected chi connectivity index (χ2v) is 7.05. The summed E-state index contributed by atoms with van der Waals surface area (Å²) in [6.45, 7) is 2.17. The zero-order valence-electron chi connectivity index (χ0n) is 14.6. The van der Waals surface area contributed by atoms with Crippen LogP contribution in [-0.4, -0.2) is 50.2 Å². The molecule has 4 rings (SSSR count). The molecule has 1 aromatic carbocycles. The molecule has 132 valence electrons. The van der Waals surface area contributed by atoms with Gasteiger partial charge in [-0.05, 0) is 60.7 Å². The number of carbonyl (C=O) groups excluding carboxylic acids is 1. The Balaban J connectivity index is 1.67. The van der Waals surface area contributed by atoms with Gasteiger partial charge in [-0.15, -0.1) is 5.10 Å². The minimum Gasteiger partial charge on any atom is -0.494 e. The lowest BCUT2D eigenvalue weighted by atomic mass is 9.85. The lowest BCUT2D eigenvalue weighted by Gasteiger charge is -2.33. The molecule has 1 aliphatic carbocycles. The zero-order valence-corrected chi connectivity index (χ0v) is 14.6. The summed E-state index contributed by atoms with van der Waals surface area (Å²) in [6.07, 6.45) is 7.50. The Morgan fingerprint density at radius 1 is 1.28 bits per heavy atom. The normalized spacial score (nSPS) is 25.7. The molecule has 7 nitrogen and oxygen atoms in total. The van der Waals surface area contributed by atoms with Crippen molar-refractivity contribution in [2.24, 2.45) is 5.92 Å². The minimum atomic E-state index is 0.0962. The van der Waals surface area contributed by atoms with Gasteiger partial charge in [0.05, 0.1) is 7.11 Å². The number of tetrazole rings is 1. The molecule has 0 unspecified atom stereocenters. The predicted molar refractivity (Wildman–Crippen MR) is 91.7 cm³/mol. The number of hydrogen-bond acceptors (Lipinski definition) is 5. The molecule has 1 saturated carbocycles. The highest BCUT2D eigenvalue weighted by atomic mass is 16.5. The van der Waals surface area contributed by atoms with Gasteiger partial charge >= 0.3 is 0 Å². The molecule has 25 heavy (non-hydrogen) atoms. The number of hydrogen-bond donors (Lipinski definition) is 0. The molecule has 2 aromatic rings. The van der Waals surface area contributed by atoms with Crippen molar-refractivity contribution in [2.75, 3.05) is 7.11 Å². The van der Waals surface area contributed by atoms with Crippen LogP contribution >= 0.6 is 0 Å². The molecule has 2 fully saturated rings. The summed E-state index contributed by atoms with van der Waals surface area (Å²) in [4.78, 5) is 15.4.